The van der Waals surface area contributed by atoms with E-state index in [1.807, 2.05) is 85.1 Å². The topological polar surface area (TPSA) is 64.4 Å². The highest BCUT2D eigenvalue weighted by atomic mass is 16.5. The third-order valence-corrected chi connectivity index (χ3v) is 6.55. The fourth-order valence-electron chi connectivity index (χ4n) is 4.71. The third-order valence-electron chi connectivity index (χ3n) is 6.55. The molecule has 0 saturated heterocycles. The van der Waals surface area contributed by atoms with Gasteiger partial charge in [-0.15, -0.1) is 0 Å². The van der Waals surface area contributed by atoms with Crippen molar-refractivity contribution in [3.63, 3.8) is 0 Å². The Bertz CT molecular complexity index is 1430. The van der Waals surface area contributed by atoms with Gasteiger partial charge in [0.25, 0.3) is 5.91 Å². The SMILES string of the molecule is CC(C)N1CCn2c(Cc3ccccc3-c3ccccc3)nc(=O)c(OCc3ccccc3)c2C1=O. The number of carbonyl (C=O) groups excluding carboxylic acids is 1. The quantitative estimate of drug-likeness (QED) is 0.377. The molecule has 4 aromatic rings. The normalized spacial score (nSPS) is 13.1. The first-order valence-corrected chi connectivity index (χ1v) is 12.3. The molecule has 6 heteroatoms. The Balaban J connectivity index is 1.58. The van der Waals surface area contributed by atoms with E-state index in [-0.39, 0.29) is 30.0 Å². The Hall–Kier alpha value is -4.19. The third kappa shape index (κ3) is 4.67. The number of benzene rings is 3. The second-order valence-corrected chi connectivity index (χ2v) is 9.23. The smallest absolute Gasteiger partial charge is 0.316 e. The Morgan fingerprint density at radius 3 is 2.25 bits per heavy atom. The van der Waals surface area contributed by atoms with E-state index in [0.717, 1.165) is 22.3 Å². The molecule has 0 spiro atoms. The van der Waals surface area contributed by atoms with Gasteiger partial charge in [0.15, 0.2) is 5.69 Å². The number of rotatable bonds is 7. The van der Waals surface area contributed by atoms with Gasteiger partial charge in [0.1, 0.15) is 12.4 Å². The summed E-state index contributed by atoms with van der Waals surface area (Å²) in [7, 11) is 0. The summed E-state index contributed by atoms with van der Waals surface area (Å²) >= 11 is 0. The Morgan fingerprint density at radius 1 is 0.861 bits per heavy atom. The minimum absolute atomic E-state index is 0.0127. The highest BCUT2D eigenvalue weighted by molar-refractivity contribution is 5.96. The van der Waals surface area contributed by atoms with Crippen molar-refractivity contribution in [1.82, 2.24) is 14.5 Å². The van der Waals surface area contributed by atoms with Gasteiger partial charge in [-0.3, -0.25) is 9.59 Å². The van der Waals surface area contributed by atoms with Crippen LogP contribution in [0.4, 0.5) is 0 Å². The van der Waals surface area contributed by atoms with Gasteiger partial charge in [0, 0.05) is 25.6 Å². The minimum Gasteiger partial charge on any atom is -0.481 e. The average Bonchev–Trinajstić information content (AvgIpc) is 2.90. The van der Waals surface area contributed by atoms with Crippen molar-refractivity contribution >= 4 is 5.91 Å². The molecule has 0 radical (unpaired) electrons. The monoisotopic (exact) mass is 479 g/mol. The van der Waals surface area contributed by atoms with Crippen LogP contribution in [0.1, 0.15) is 41.3 Å². The van der Waals surface area contributed by atoms with Crippen molar-refractivity contribution in [2.24, 2.45) is 0 Å². The highest BCUT2D eigenvalue weighted by Gasteiger charge is 2.33. The number of fused-ring (bicyclic) bond motifs is 1. The predicted molar refractivity (Wildman–Crippen MR) is 140 cm³/mol. The van der Waals surface area contributed by atoms with Gasteiger partial charge in [0.2, 0.25) is 5.75 Å². The highest BCUT2D eigenvalue weighted by Crippen LogP contribution is 2.28. The van der Waals surface area contributed by atoms with Gasteiger partial charge in [0.05, 0.1) is 0 Å². The molecule has 1 amide bonds. The lowest BCUT2D eigenvalue weighted by molar-refractivity contribution is 0.0634. The van der Waals surface area contributed by atoms with Crippen molar-refractivity contribution in [2.75, 3.05) is 6.54 Å². The zero-order valence-corrected chi connectivity index (χ0v) is 20.6. The van der Waals surface area contributed by atoms with E-state index in [0.29, 0.717) is 25.3 Å². The number of aromatic nitrogens is 2. The van der Waals surface area contributed by atoms with E-state index in [2.05, 4.69) is 23.2 Å². The molecule has 2 heterocycles. The van der Waals surface area contributed by atoms with E-state index in [4.69, 9.17) is 4.74 Å². The summed E-state index contributed by atoms with van der Waals surface area (Å²) < 4.78 is 7.85. The van der Waals surface area contributed by atoms with Crippen molar-refractivity contribution in [2.45, 2.75) is 39.5 Å². The largest absolute Gasteiger partial charge is 0.481 e. The first kappa shape index (κ1) is 23.5. The summed E-state index contributed by atoms with van der Waals surface area (Å²) in [5.41, 5.74) is 3.92. The van der Waals surface area contributed by atoms with Gasteiger partial charge >= 0.3 is 5.56 Å². The minimum atomic E-state index is -0.511. The van der Waals surface area contributed by atoms with E-state index < -0.39 is 5.56 Å². The molecule has 0 saturated carbocycles. The molecule has 5 rings (SSSR count). The van der Waals surface area contributed by atoms with Crippen LogP contribution < -0.4 is 10.3 Å². The van der Waals surface area contributed by atoms with Crippen molar-refractivity contribution in [3.8, 4) is 16.9 Å². The van der Waals surface area contributed by atoms with E-state index in [1.165, 1.54) is 0 Å². The van der Waals surface area contributed by atoms with Crippen molar-refractivity contribution in [3.05, 3.63) is 118 Å². The van der Waals surface area contributed by atoms with Crippen LogP contribution in [-0.4, -0.2) is 32.9 Å². The maximum atomic E-state index is 13.6. The van der Waals surface area contributed by atoms with Crippen LogP contribution in [-0.2, 0) is 19.6 Å². The van der Waals surface area contributed by atoms with Crippen LogP contribution in [0.3, 0.4) is 0 Å². The first-order chi connectivity index (χ1) is 17.5. The number of hydrogen-bond acceptors (Lipinski definition) is 4. The van der Waals surface area contributed by atoms with Gasteiger partial charge < -0.3 is 14.2 Å². The zero-order valence-electron chi connectivity index (χ0n) is 20.6. The van der Waals surface area contributed by atoms with E-state index >= 15 is 0 Å². The molecule has 6 nitrogen and oxygen atoms in total. The molecule has 182 valence electrons. The number of carbonyl (C=O) groups is 1. The summed E-state index contributed by atoms with van der Waals surface area (Å²) in [5.74, 6) is 0.396. The molecule has 0 N–H and O–H groups in total. The van der Waals surface area contributed by atoms with Gasteiger partial charge in [-0.25, -0.2) is 0 Å². The number of ether oxygens (including phenoxy) is 1. The fourth-order valence-corrected chi connectivity index (χ4v) is 4.71. The summed E-state index contributed by atoms with van der Waals surface area (Å²) in [6.45, 7) is 5.26. The van der Waals surface area contributed by atoms with Crippen molar-refractivity contribution < 1.29 is 9.53 Å². The van der Waals surface area contributed by atoms with Crippen molar-refractivity contribution in [1.29, 1.82) is 0 Å². The summed E-state index contributed by atoms with van der Waals surface area (Å²) in [4.78, 5) is 33.1. The fraction of sp³-hybridized carbons (Fsp3) is 0.233. The molecular formula is C30H29N3O3. The molecule has 0 aliphatic carbocycles. The Kier molecular flexibility index (Phi) is 6.67. The lowest BCUT2D eigenvalue weighted by Gasteiger charge is -2.34. The Labute approximate surface area is 210 Å². The van der Waals surface area contributed by atoms with E-state index in [1.54, 1.807) is 4.90 Å². The molecule has 3 aromatic carbocycles. The second-order valence-electron chi connectivity index (χ2n) is 9.23. The second kappa shape index (κ2) is 10.2. The van der Waals surface area contributed by atoms with Gasteiger partial charge in [-0.2, -0.15) is 4.98 Å². The standard InChI is InChI=1S/C30H29N3O3/c1-21(2)32-17-18-33-26(19-24-15-9-10-16-25(24)23-13-7-4-8-14-23)31-29(34)28(27(33)30(32)35)36-20-22-11-5-3-6-12-22/h3-16,21H,17-20H2,1-2H3. The summed E-state index contributed by atoms with van der Waals surface area (Å²) in [5, 5.41) is 0. The summed E-state index contributed by atoms with van der Waals surface area (Å²) in [6, 6.07) is 27.9. The molecule has 0 unspecified atom stereocenters. The van der Waals surface area contributed by atoms with Crippen LogP contribution in [0.25, 0.3) is 11.1 Å². The Morgan fingerprint density at radius 2 is 1.53 bits per heavy atom. The first-order valence-electron chi connectivity index (χ1n) is 12.3. The van der Waals surface area contributed by atoms with Crippen LogP contribution in [0, 0.1) is 0 Å². The average molecular weight is 480 g/mol. The van der Waals surface area contributed by atoms with Crippen LogP contribution in [0.2, 0.25) is 0 Å². The van der Waals surface area contributed by atoms with E-state index in [9.17, 15) is 9.59 Å². The molecule has 0 bridgehead atoms. The molecule has 36 heavy (non-hydrogen) atoms. The predicted octanol–water partition coefficient (Wildman–Crippen LogP) is 4.94. The molecule has 1 aromatic heterocycles. The lowest BCUT2D eigenvalue weighted by Crippen LogP contribution is -2.46. The molecular weight excluding hydrogens is 450 g/mol. The number of amides is 1. The van der Waals surface area contributed by atoms with Gasteiger partial charge in [-0.05, 0) is 36.1 Å². The summed E-state index contributed by atoms with van der Waals surface area (Å²) in [6.07, 6.45) is 0.432. The maximum absolute atomic E-state index is 13.6. The lowest BCUT2D eigenvalue weighted by atomic mass is 9.97. The molecule has 0 atom stereocenters. The zero-order chi connectivity index (χ0) is 25.1. The molecule has 0 fully saturated rings. The number of nitrogens with zero attached hydrogens (tertiary/aromatic N) is 3. The van der Waals surface area contributed by atoms with Gasteiger partial charge in [-0.1, -0.05) is 84.9 Å². The maximum Gasteiger partial charge on any atom is 0.316 e. The van der Waals surface area contributed by atoms with Crippen LogP contribution >= 0.6 is 0 Å². The molecule has 1 aliphatic rings. The molecule has 1 aliphatic heterocycles. The van der Waals surface area contributed by atoms with Crippen LogP contribution in [0.5, 0.6) is 5.75 Å². The number of hydrogen-bond donors (Lipinski definition) is 0. The van der Waals surface area contributed by atoms with Crippen LogP contribution in [0.15, 0.2) is 89.7 Å².